The summed E-state index contributed by atoms with van der Waals surface area (Å²) in [7, 11) is 0. The van der Waals surface area contributed by atoms with E-state index >= 15 is 0 Å². The lowest BCUT2D eigenvalue weighted by atomic mass is 10.1. The Kier molecular flexibility index (Phi) is 3.87. The molecule has 21 heavy (non-hydrogen) atoms. The topological polar surface area (TPSA) is 42.2 Å². The van der Waals surface area contributed by atoms with Crippen LogP contribution < -0.4 is 5.56 Å². The van der Waals surface area contributed by atoms with E-state index in [2.05, 4.69) is 11.8 Å². The fraction of sp³-hybridized carbons (Fsp3) is 0.118. The first-order chi connectivity index (χ1) is 10.3. The maximum absolute atomic E-state index is 12.4. The number of aliphatic hydroxyl groups is 1. The number of rotatable bonds is 2. The van der Waals surface area contributed by atoms with Gasteiger partial charge in [-0.1, -0.05) is 53.7 Å². The molecule has 3 aromatic rings. The number of hydrogen-bond acceptors (Lipinski definition) is 3. The van der Waals surface area contributed by atoms with Gasteiger partial charge in [0, 0.05) is 5.56 Å². The van der Waals surface area contributed by atoms with Crippen LogP contribution in [0, 0.1) is 11.8 Å². The molecule has 2 aromatic carbocycles. The van der Waals surface area contributed by atoms with Gasteiger partial charge in [-0.05, 0) is 23.8 Å². The molecule has 3 rings (SSSR count). The highest BCUT2D eigenvalue weighted by Crippen LogP contribution is 2.18. The number of nitrogens with zero attached hydrogens (tertiary/aromatic N) is 1. The summed E-state index contributed by atoms with van der Waals surface area (Å²) in [6, 6.07) is 15.3. The second-order valence-corrected chi connectivity index (χ2v) is 5.61. The maximum atomic E-state index is 12.4. The Balaban J connectivity index is 2.03. The van der Waals surface area contributed by atoms with Gasteiger partial charge < -0.3 is 5.11 Å². The van der Waals surface area contributed by atoms with Crippen molar-refractivity contribution in [2.45, 2.75) is 6.54 Å². The van der Waals surface area contributed by atoms with Crippen LogP contribution in [0.25, 0.3) is 10.1 Å². The third kappa shape index (κ3) is 2.75. The number of hydrogen-bond donors (Lipinski definition) is 1. The highest BCUT2D eigenvalue weighted by molar-refractivity contribution is 7.13. The number of fused-ring (bicyclic) bond motifs is 1. The molecule has 0 amide bonds. The van der Waals surface area contributed by atoms with Crippen molar-refractivity contribution < 1.29 is 5.11 Å². The molecule has 0 atom stereocenters. The highest BCUT2D eigenvalue weighted by Gasteiger charge is 2.08. The summed E-state index contributed by atoms with van der Waals surface area (Å²) in [4.78, 5) is 12.4. The molecule has 1 heterocycles. The standard InChI is InChI=1S/C17H13NO2S/c19-11-5-8-13-6-1-2-7-14(13)12-18-17(20)15-9-3-4-10-16(15)21-18/h1-4,6-7,9-10,19H,11-12H2. The van der Waals surface area contributed by atoms with Gasteiger partial charge in [0.1, 0.15) is 6.61 Å². The summed E-state index contributed by atoms with van der Waals surface area (Å²) in [5, 5.41) is 9.57. The minimum atomic E-state index is -0.169. The molecule has 0 fully saturated rings. The van der Waals surface area contributed by atoms with Gasteiger partial charge in [0.15, 0.2) is 0 Å². The second kappa shape index (κ2) is 5.96. The van der Waals surface area contributed by atoms with E-state index in [0.29, 0.717) is 6.54 Å². The molecule has 0 aliphatic heterocycles. The average Bonchev–Trinajstić information content (AvgIpc) is 2.83. The number of benzene rings is 2. The van der Waals surface area contributed by atoms with Gasteiger partial charge in [-0.15, -0.1) is 0 Å². The van der Waals surface area contributed by atoms with Crippen molar-refractivity contribution in [2.75, 3.05) is 6.61 Å². The summed E-state index contributed by atoms with van der Waals surface area (Å²) in [6.45, 7) is 0.325. The van der Waals surface area contributed by atoms with Crippen LogP contribution in [-0.2, 0) is 6.54 Å². The monoisotopic (exact) mass is 295 g/mol. The third-order valence-corrected chi connectivity index (χ3v) is 4.25. The summed E-state index contributed by atoms with van der Waals surface area (Å²) in [6.07, 6.45) is 0. The molecule has 0 unspecified atom stereocenters. The molecule has 0 aliphatic carbocycles. The van der Waals surface area contributed by atoms with Gasteiger partial charge in [0.25, 0.3) is 5.56 Å². The largest absolute Gasteiger partial charge is 0.384 e. The van der Waals surface area contributed by atoms with Crippen LogP contribution in [-0.4, -0.2) is 15.7 Å². The number of aliphatic hydroxyl groups excluding tert-OH is 1. The van der Waals surface area contributed by atoms with E-state index in [1.807, 2.05) is 48.5 Å². The first-order valence-electron chi connectivity index (χ1n) is 6.56. The smallest absolute Gasteiger partial charge is 0.268 e. The summed E-state index contributed by atoms with van der Waals surface area (Å²) in [5.41, 5.74) is 1.85. The quantitative estimate of drug-likeness (QED) is 0.738. The Morgan fingerprint density at radius 1 is 1.10 bits per heavy atom. The van der Waals surface area contributed by atoms with Crippen molar-refractivity contribution >= 4 is 21.6 Å². The van der Waals surface area contributed by atoms with Crippen LogP contribution in [0.15, 0.2) is 53.3 Å². The molecule has 0 radical (unpaired) electrons. The lowest BCUT2D eigenvalue weighted by molar-refractivity contribution is 0.350. The molecule has 3 nitrogen and oxygen atoms in total. The van der Waals surface area contributed by atoms with Gasteiger partial charge in [0.05, 0.1) is 16.6 Å². The first-order valence-corrected chi connectivity index (χ1v) is 7.33. The zero-order valence-corrected chi connectivity index (χ0v) is 12.1. The SMILES string of the molecule is O=c1c2ccccc2sn1Cc1ccccc1C#CCO. The van der Waals surface area contributed by atoms with Gasteiger partial charge >= 0.3 is 0 Å². The van der Waals surface area contributed by atoms with Gasteiger partial charge in [-0.25, -0.2) is 0 Å². The molecule has 0 saturated heterocycles. The van der Waals surface area contributed by atoms with E-state index in [0.717, 1.165) is 21.2 Å². The Hall–Kier alpha value is -2.35. The van der Waals surface area contributed by atoms with Gasteiger partial charge in [0.2, 0.25) is 0 Å². The van der Waals surface area contributed by atoms with Crippen molar-refractivity contribution in [1.29, 1.82) is 0 Å². The van der Waals surface area contributed by atoms with Crippen LogP contribution in [0.4, 0.5) is 0 Å². The molecular weight excluding hydrogens is 282 g/mol. The van der Waals surface area contributed by atoms with Crippen molar-refractivity contribution in [3.8, 4) is 11.8 Å². The fourth-order valence-electron chi connectivity index (χ4n) is 2.19. The molecular formula is C17H13NO2S. The Bertz CT molecular complexity index is 896. The fourth-order valence-corrected chi connectivity index (χ4v) is 3.21. The van der Waals surface area contributed by atoms with Crippen molar-refractivity contribution in [3.63, 3.8) is 0 Å². The van der Waals surface area contributed by atoms with Gasteiger partial charge in [-0.2, -0.15) is 0 Å². The van der Waals surface area contributed by atoms with Crippen LogP contribution in [0.5, 0.6) is 0 Å². The third-order valence-electron chi connectivity index (χ3n) is 3.19. The zero-order valence-electron chi connectivity index (χ0n) is 11.2. The van der Waals surface area contributed by atoms with E-state index < -0.39 is 0 Å². The molecule has 104 valence electrons. The zero-order chi connectivity index (χ0) is 14.7. The lowest BCUT2D eigenvalue weighted by Crippen LogP contribution is -2.14. The van der Waals surface area contributed by atoms with Crippen molar-refractivity contribution in [3.05, 3.63) is 70.0 Å². The van der Waals surface area contributed by atoms with Gasteiger partial charge in [-0.3, -0.25) is 8.75 Å². The van der Waals surface area contributed by atoms with E-state index in [4.69, 9.17) is 5.11 Å². The second-order valence-electron chi connectivity index (χ2n) is 4.55. The molecule has 0 aliphatic rings. The van der Waals surface area contributed by atoms with Crippen LogP contribution in [0.2, 0.25) is 0 Å². The van der Waals surface area contributed by atoms with Crippen molar-refractivity contribution in [2.24, 2.45) is 0 Å². The van der Waals surface area contributed by atoms with Crippen LogP contribution in [0.3, 0.4) is 0 Å². The minimum absolute atomic E-state index is 0.0283. The predicted molar refractivity (Wildman–Crippen MR) is 85.6 cm³/mol. The molecule has 1 aromatic heterocycles. The Morgan fingerprint density at radius 3 is 2.67 bits per heavy atom. The summed E-state index contributed by atoms with van der Waals surface area (Å²) >= 11 is 1.46. The van der Waals surface area contributed by atoms with E-state index in [1.165, 1.54) is 11.5 Å². The number of aromatic nitrogens is 1. The Labute approximate surface area is 126 Å². The van der Waals surface area contributed by atoms with Crippen molar-refractivity contribution in [1.82, 2.24) is 3.96 Å². The average molecular weight is 295 g/mol. The van der Waals surface area contributed by atoms with Crippen LogP contribution >= 0.6 is 11.5 Å². The molecule has 4 heteroatoms. The molecule has 0 bridgehead atoms. The predicted octanol–water partition coefficient (Wildman–Crippen LogP) is 2.46. The maximum Gasteiger partial charge on any atom is 0.268 e. The minimum Gasteiger partial charge on any atom is -0.384 e. The Morgan fingerprint density at radius 2 is 1.86 bits per heavy atom. The normalized spacial score (nSPS) is 10.3. The van der Waals surface area contributed by atoms with E-state index in [9.17, 15) is 4.79 Å². The van der Waals surface area contributed by atoms with E-state index in [1.54, 1.807) is 3.96 Å². The van der Waals surface area contributed by atoms with Crippen LogP contribution in [0.1, 0.15) is 11.1 Å². The lowest BCUT2D eigenvalue weighted by Gasteiger charge is -2.04. The van der Waals surface area contributed by atoms with E-state index in [-0.39, 0.29) is 12.2 Å². The molecule has 1 N–H and O–H groups in total. The highest BCUT2D eigenvalue weighted by atomic mass is 32.1. The summed E-state index contributed by atoms with van der Waals surface area (Å²) < 4.78 is 2.73. The first kappa shape index (κ1) is 13.6. The molecule has 0 saturated carbocycles. The molecule has 0 spiro atoms. The summed E-state index contributed by atoms with van der Waals surface area (Å²) in [5.74, 6) is 5.58.